The molecule has 2 aromatic rings. The third kappa shape index (κ3) is 4.77. The molecule has 2 aliphatic rings. The summed E-state index contributed by atoms with van der Waals surface area (Å²) in [5.74, 6) is -1.89. The van der Waals surface area contributed by atoms with Gasteiger partial charge in [-0.05, 0) is 17.7 Å². The van der Waals surface area contributed by atoms with Crippen LogP contribution in [0.4, 0.5) is 8.78 Å². The molecule has 1 aromatic carbocycles. The maximum absolute atomic E-state index is 13.3. The summed E-state index contributed by atoms with van der Waals surface area (Å²) in [6.45, 7) is 1.19. The number of benzene rings is 1. The predicted octanol–water partition coefficient (Wildman–Crippen LogP) is 1.39. The zero-order valence-corrected chi connectivity index (χ0v) is 16.2. The molecule has 4 rings (SSSR count). The summed E-state index contributed by atoms with van der Waals surface area (Å²) < 4.78 is 38.4. The minimum atomic E-state index is -0.711. The van der Waals surface area contributed by atoms with Gasteiger partial charge in [0.25, 0.3) is 5.91 Å². The first-order chi connectivity index (χ1) is 14.0. The monoisotopic (exact) mass is 423 g/mol. The van der Waals surface area contributed by atoms with Crippen molar-refractivity contribution in [3.05, 3.63) is 52.0 Å². The topological polar surface area (TPSA) is 80.8 Å². The summed E-state index contributed by atoms with van der Waals surface area (Å²) in [7, 11) is 0. The highest BCUT2D eigenvalue weighted by Crippen LogP contribution is 2.22. The molecule has 0 unspecified atom stereocenters. The summed E-state index contributed by atoms with van der Waals surface area (Å²) >= 11 is 1.25. The van der Waals surface area contributed by atoms with E-state index < -0.39 is 11.6 Å². The molecule has 7 nitrogen and oxygen atoms in total. The summed E-state index contributed by atoms with van der Waals surface area (Å²) in [4.78, 5) is 30.6. The average molecular weight is 423 g/mol. The number of nitrogens with one attached hydrogen (secondary N) is 1. The third-order valence-electron chi connectivity index (χ3n) is 4.86. The second-order valence-corrected chi connectivity index (χ2v) is 7.92. The van der Waals surface area contributed by atoms with Crippen LogP contribution < -0.4 is 5.32 Å². The van der Waals surface area contributed by atoms with Crippen molar-refractivity contribution in [3.63, 3.8) is 0 Å². The van der Waals surface area contributed by atoms with Crippen molar-refractivity contribution in [1.82, 2.24) is 15.2 Å². The molecule has 1 N–H and O–H groups in total. The molecule has 0 radical (unpaired) electrons. The number of hydrogen-bond donors (Lipinski definition) is 1. The van der Waals surface area contributed by atoms with Crippen molar-refractivity contribution in [2.75, 3.05) is 26.3 Å². The van der Waals surface area contributed by atoms with E-state index in [2.05, 4.69) is 10.3 Å². The van der Waals surface area contributed by atoms with E-state index in [4.69, 9.17) is 9.47 Å². The van der Waals surface area contributed by atoms with Crippen LogP contribution in [0.3, 0.4) is 0 Å². The molecule has 0 bridgehead atoms. The molecular weight excluding hydrogens is 404 g/mol. The van der Waals surface area contributed by atoms with E-state index in [1.165, 1.54) is 17.5 Å². The number of nitrogens with zero attached hydrogens (tertiary/aromatic N) is 2. The van der Waals surface area contributed by atoms with Crippen molar-refractivity contribution in [3.8, 4) is 0 Å². The number of thiazole rings is 1. The van der Waals surface area contributed by atoms with Gasteiger partial charge in [0, 0.05) is 19.2 Å². The van der Waals surface area contributed by atoms with Gasteiger partial charge in [-0.3, -0.25) is 14.6 Å². The molecule has 1 aromatic heterocycles. The zero-order valence-electron chi connectivity index (χ0n) is 15.3. The van der Waals surface area contributed by atoms with Gasteiger partial charge in [0.05, 0.1) is 37.4 Å². The van der Waals surface area contributed by atoms with Gasteiger partial charge in [0.2, 0.25) is 5.91 Å². The molecule has 2 saturated heterocycles. The van der Waals surface area contributed by atoms with Crippen molar-refractivity contribution >= 4 is 23.2 Å². The largest absolute Gasteiger partial charge is 0.371 e. The molecule has 2 atom stereocenters. The quantitative estimate of drug-likeness (QED) is 0.804. The number of carbonyl (C=O) groups excluding carboxylic acids is 2. The standard InChI is InChI=1S/C19H19F2N3O4S/c20-12-1-11(2-13(21)4-12)3-18(25)24-6-15-16(7-24)28-9-14(8-27-15)23-19(26)17-5-22-10-29-17/h1-2,4-5,10,14-16H,3,6-9H2,(H,23,26)/t15-,16-/m0/s1. The lowest BCUT2D eigenvalue weighted by Crippen LogP contribution is -2.41. The Morgan fingerprint density at radius 2 is 1.79 bits per heavy atom. The summed E-state index contributed by atoms with van der Waals surface area (Å²) in [6.07, 6.45) is 0.782. The molecule has 2 amide bonds. The highest BCUT2D eigenvalue weighted by atomic mass is 32.1. The Morgan fingerprint density at radius 1 is 1.14 bits per heavy atom. The van der Waals surface area contributed by atoms with Crippen LogP contribution in [0.2, 0.25) is 0 Å². The second-order valence-electron chi connectivity index (χ2n) is 7.03. The molecular formula is C19H19F2N3O4S. The molecule has 2 aliphatic heterocycles. The van der Waals surface area contributed by atoms with Gasteiger partial charge >= 0.3 is 0 Å². The lowest BCUT2D eigenvalue weighted by molar-refractivity contribution is -0.130. The van der Waals surface area contributed by atoms with Crippen molar-refractivity contribution in [2.45, 2.75) is 24.7 Å². The maximum Gasteiger partial charge on any atom is 0.263 e. The van der Waals surface area contributed by atoms with E-state index in [0.717, 1.165) is 18.2 Å². The van der Waals surface area contributed by atoms with Crippen LogP contribution in [0.25, 0.3) is 0 Å². The Labute approximate surface area is 169 Å². The van der Waals surface area contributed by atoms with Crippen LogP contribution in [0.1, 0.15) is 15.2 Å². The fourth-order valence-electron chi connectivity index (χ4n) is 3.46. The second kappa shape index (κ2) is 8.52. The first-order valence-corrected chi connectivity index (χ1v) is 10.0. The number of aromatic nitrogens is 1. The maximum atomic E-state index is 13.3. The summed E-state index contributed by atoms with van der Waals surface area (Å²) in [6, 6.07) is 2.78. The van der Waals surface area contributed by atoms with E-state index in [0.29, 0.717) is 18.0 Å². The minimum Gasteiger partial charge on any atom is -0.371 e. The number of amides is 2. The van der Waals surface area contributed by atoms with Crippen LogP contribution in [-0.2, 0) is 20.7 Å². The fourth-order valence-corrected chi connectivity index (χ4v) is 3.99. The van der Waals surface area contributed by atoms with Gasteiger partial charge in [0.1, 0.15) is 28.7 Å². The molecule has 3 heterocycles. The highest BCUT2D eigenvalue weighted by Gasteiger charge is 2.39. The van der Waals surface area contributed by atoms with Crippen LogP contribution in [0.5, 0.6) is 0 Å². The van der Waals surface area contributed by atoms with Crippen LogP contribution in [0.15, 0.2) is 29.9 Å². The number of likely N-dealkylation sites (tertiary alicyclic amines) is 1. The first kappa shape index (κ1) is 19.9. The number of carbonyl (C=O) groups is 2. The van der Waals surface area contributed by atoms with E-state index in [1.54, 1.807) is 10.4 Å². The van der Waals surface area contributed by atoms with Gasteiger partial charge in [-0.15, -0.1) is 11.3 Å². The molecule has 0 saturated carbocycles. The zero-order chi connectivity index (χ0) is 20.4. The van der Waals surface area contributed by atoms with Crippen molar-refractivity contribution in [2.24, 2.45) is 0 Å². The van der Waals surface area contributed by atoms with Gasteiger partial charge in [-0.25, -0.2) is 8.78 Å². The van der Waals surface area contributed by atoms with Crippen LogP contribution >= 0.6 is 11.3 Å². The van der Waals surface area contributed by atoms with Crippen molar-refractivity contribution < 1.29 is 27.8 Å². The van der Waals surface area contributed by atoms with E-state index in [-0.39, 0.29) is 55.3 Å². The number of ether oxygens (including phenoxy) is 2. The smallest absolute Gasteiger partial charge is 0.263 e. The number of fused-ring (bicyclic) bond motifs is 1. The number of hydrogen-bond acceptors (Lipinski definition) is 6. The Hall–Kier alpha value is -2.43. The van der Waals surface area contributed by atoms with Crippen LogP contribution in [0, 0.1) is 11.6 Å². The Morgan fingerprint density at radius 3 is 2.38 bits per heavy atom. The highest BCUT2D eigenvalue weighted by molar-refractivity contribution is 7.11. The molecule has 10 heteroatoms. The number of rotatable bonds is 4. The van der Waals surface area contributed by atoms with E-state index in [1.807, 2.05) is 0 Å². The van der Waals surface area contributed by atoms with Gasteiger partial charge in [0.15, 0.2) is 0 Å². The number of halogens is 2. The Balaban J connectivity index is 1.30. The molecule has 0 spiro atoms. The van der Waals surface area contributed by atoms with Crippen molar-refractivity contribution in [1.29, 1.82) is 0 Å². The van der Waals surface area contributed by atoms with Gasteiger partial charge in [-0.1, -0.05) is 0 Å². The van der Waals surface area contributed by atoms with Crippen LogP contribution in [-0.4, -0.2) is 66.3 Å². The van der Waals surface area contributed by atoms with Gasteiger partial charge < -0.3 is 19.7 Å². The SMILES string of the molecule is O=C(NC1CO[C@H]2CN(C(=O)Cc3cc(F)cc(F)c3)C[C@@H]2OC1)c1cncs1. The predicted molar refractivity (Wildman–Crippen MR) is 99.5 cm³/mol. The lowest BCUT2D eigenvalue weighted by atomic mass is 10.1. The lowest BCUT2D eigenvalue weighted by Gasteiger charge is -2.19. The average Bonchev–Trinajstić information content (AvgIpc) is 3.30. The Bertz CT molecular complexity index is 859. The first-order valence-electron chi connectivity index (χ1n) is 9.13. The molecule has 2 fully saturated rings. The molecule has 0 aliphatic carbocycles. The van der Waals surface area contributed by atoms with E-state index in [9.17, 15) is 18.4 Å². The third-order valence-corrected chi connectivity index (χ3v) is 5.63. The summed E-state index contributed by atoms with van der Waals surface area (Å²) in [5, 5.41) is 2.86. The molecule has 29 heavy (non-hydrogen) atoms. The van der Waals surface area contributed by atoms with E-state index >= 15 is 0 Å². The molecule has 154 valence electrons. The summed E-state index contributed by atoms with van der Waals surface area (Å²) in [5.41, 5.74) is 1.87. The fraction of sp³-hybridized carbons (Fsp3) is 0.421. The Kier molecular flexibility index (Phi) is 5.84. The normalized spacial score (nSPS) is 22.2. The van der Waals surface area contributed by atoms with Gasteiger partial charge in [-0.2, -0.15) is 0 Å². The minimum absolute atomic E-state index is 0.0956.